The summed E-state index contributed by atoms with van der Waals surface area (Å²) >= 11 is 6.78. The molecule has 0 radical (unpaired) electrons. The highest BCUT2D eigenvalue weighted by Crippen LogP contribution is 2.30. The Morgan fingerprint density at radius 1 is 1.39 bits per heavy atom. The molecule has 0 saturated heterocycles. The Bertz CT molecular complexity index is 659. The zero-order valence-corrected chi connectivity index (χ0v) is 16.0. The Morgan fingerprint density at radius 3 is 2.70 bits per heavy atom. The third-order valence-electron chi connectivity index (χ3n) is 4.63. The average molecular weight is 379 g/mol. The third-order valence-corrected chi connectivity index (χ3v) is 8.13. The van der Waals surface area contributed by atoms with E-state index in [1.54, 1.807) is 0 Å². The molecule has 0 spiro atoms. The molecule has 8 heteroatoms. The highest BCUT2D eigenvalue weighted by molar-refractivity contribution is 7.91. The summed E-state index contributed by atoms with van der Waals surface area (Å²) in [5.74, 6) is 0.721. The summed E-state index contributed by atoms with van der Waals surface area (Å²) < 4.78 is 26.4. The van der Waals surface area contributed by atoms with Crippen LogP contribution in [0.5, 0.6) is 0 Å². The highest BCUT2D eigenvalue weighted by Gasteiger charge is 2.30. The normalized spacial score (nSPS) is 25.5. The van der Waals surface area contributed by atoms with E-state index in [2.05, 4.69) is 19.2 Å². The predicted octanol–water partition coefficient (Wildman–Crippen LogP) is 2.96. The fraction of sp³-hybridized carbons (Fsp3) is 0.667. The maximum absolute atomic E-state index is 12.4. The number of hydrogen-bond donors (Lipinski definition) is 1. The second kappa shape index (κ2) is 7.51. The zero-order valence-electron chi connectivity index (χ0n) is 13.6. The number of carbonyl (C=O) groups is 1. The molecular weight excluding hydrogens is 356 g/mol. The lowest BCUT2D eigenvalue weighted by Crippen LogP contribution is -2.47. The molecule has 1 aliphatic carbocycles. The zero-order chi connectivity index (χ0) is 17.2. The van der Waals surface area contributed by atoms with Gasteiger partial charge in [-0.2, -0.15) is 4.31 Å². The molecule has 5 nitrogen and oxygen atoms in total. The van der Waals surface area contributed by atoms with E-state index in [9.17, 15) is 13.2 Å². The van der Waals surface area contributed by atoms with E-state index < -0.39 is 10.0 Å². The molecule has 1 aromatic heterocycles. The summed E-state index contributed by atoms with van der Waals surface area (Å²) in [6.07, 6.45) is 3.23. The summed E-state index contributed by atoms with van der Waals surface area (Å²) in [4.78, 5) is 12.2. The Kier molecular flexibility index (Phi) is 6.10. The van der Waals surface area contributed by atoms with Crippen LogP contribution in [-0.2, 0) is 14.8 Å². The van der Waals surface area contributed by atoms with Crippen molar-refractivity contribution >= 4 is 38.9 Å². The van der Waals surface area contributed by atoms with E-state index in [0.29, 0.717) is 16.2 Å². The van der Waals surface area contributed by atoms with Crippen molar-refractivity contribution in [3.05, 3.63) is 16.5 Å². The first-order valence-corrected chi connectivity index (χ1v) is 10.4. The molecule has 23 heavy (non-hydrogen) atoms. The van der Waals surface area contributed by atoms with Gasteiger partial charge in [-0.15, -0.1) is 11.3 Å². The van der Waals surface area contributed by atoms with Crippen molar-refractivity contribution in [1.29, 1.82) is 0 Å². The molecule has 1 aromatic rings. The number of rotatable bonds is 5. The predicted molar refractivity (Wildman–Crippen MR) is 93.3 cm³/mol. The lowest BCUT2D eigenvalue weighted by atomic mass is 9.78. The molecular formula is C15H23ClN2O3S2. The molecule has 1 aliphatic rings. The molecule has 2 rings (SSSR count). The van der Waals surface area contributed by atoms with Crippen LogP contribution < -0.4 is 5.32 Å². The summed E-state index contributed by atoms with van der Waals surface area (Å²) in [5, 5.41) is 2.99. The van der Waals surface area contributed by atoms with Crippen LogP contribution in [0.1, 0.15) is 33.1 Å². The van der Waals surface area contributed by atoms with Gasteiger partial charge in [-0.05, 0) is 30.4 Å². The van der Waals surface area contributed by atoms with Gasteiger partial charge in [0, 0.05) is 13.1 Å². The molecule has 1 amide bonds. The number of carbonyl (C=O) groups excluding carboxylic acids is 1. The SMILES string of the molecule is C[C@H]1[C@H](C)CCC[C@H]1NC(=O)CN(C)S(=O)(=O)c1ccc(Cl)s1. The molecule has 0 unspecified atom stereocenters. The number of amides is 1. The van der Waals surface area contributed by atoms with Gasteiger partial charge in [0.25, 0.3) is 10.0 Å². The van der Waals surface area contributed by atoms with Crippen LogP contribution in [0.25, 0.3) is 0 Å². The maximum atomic E-state index is 12.4. The van der Waals surface area contributed by atoms with Crippen molar-refractivity contribution in [1.82, 2.24) is 9.62 Å². The topological polar surface area (TPSA) is 66.5 Å². The first-order chi connectivity index (χ1) is 10.7. The number of likely N-dealkylation sites (N-methyl/N-ethyl adjacent to an activating group) is 1. The number of hydrogen-bond acceptors (Lipinski definition) is 4. The molecule has 1 heterocycles. The van der Waals surface area contributed by atoms with Crippen LogP contribution in [0.4, 0.5) is 0 Å². The minimum Gasteiger partial charge on any atom is -0.352 e. The number of nitrogens with one attached hydrogen (secondary N) is 1. The van der Waals surface area contributed by atoms with E-state index >= 15 is 0 Å². The summed E-state index contributed by atoms with van der Waals surface area (Å²) in [5.41, 5.74) is 0. The standard InChI is InChI=1S/C15H23ClN2O3S2/c1-10-5-4-6-12(11(10)2)17-14(19)9-18(3)23(20,21)15-8-7-13(16)22-15/h7-8,10-12H,4-6,9H2,1-3H3,(H,17,19)/t10-,11+,12-/m1/s1. The summed E-state index contributed by atoms with van der Waals surface area (Å²) in [6, 6.07) is 3.12. The lowest BCUT2D eigenvalue weighted by molar-refractivity contribution is -0.122. The molecule has 1 N–H and O–H groups in total. The van der Waals surface area contributed by atoms with Gasteiger partial charge in [-0.25, -0.2) is 8.42 Å². The van der Waals surface area contributed by atoms with Crippen molar-refractivity contribution in [2.75, 3.05) is 13.6 Å². The van der Waals surface area contributed by atoms with Gasteiger partial charge < -0.3 is 5.32 Å². The minimum absolute atomic E-state index is 0.124. The fourth-order valence-electron chi connectivity index (χ4n) is 2.92. The molecule has 130 valence electrons. The smallest absolute Gasteiger partial charge is 0.252 e. The van der Waals surface area contributed by atoms with Gasteiger partial charge in [0.1, 0.15) is 4.21 Å². The third kappa shape index (κ3) is 4.47. The number of sulfonamides is 1. The van der Waals surface area contributed by atoms with Gasteiger partial charge in [-0.1, -0.05) is 38.3 Å². The van der Waals surface area contributed by atoms with Gasteiger partial charge in [0.15, 0.2) is 0 Å². The lowest BCUT2D eigenvalue weighted by Gasteiger charge is -2.34. The van der Waals surface area contributed by atoms with Crippen LogP contribution in [0.3, 0.4) is 0 Å². The highest BCUT2D eigenvalue weighted by atomic mass is 35.5. The van der Waals surface area contributed by atoms with Crippen molar-refractivity contribution in [3.63, 3.8) is 0 Å². The van der Waals surface area contributed by atoms with E-state index in [-0.39, 0.29) is 22.7 Å². The van der Waals surface area contributed by atoms with Gasteiger partial charge in [-0.3, -0.25) is 4.79 Å². The molecule has 0 aromatic carbocycles. The first kappa shape index (κ1) is 18.7. The number of halogens is 1. The fourth-order valence-corrected chi connectivity index (χ4v) is 5.74. The van der Waals surface area contributed by atoms with Crippen LogP contribution >= 0.6 is 22.9 Å². The van der Waals surface area contributed by atoms with Crippen LogP contribution in [0.2, 0.25) is 4.34 Å². The molecule has 1 saturated carbocycles. The molecule has 0 bridgehead atoms. The van der Waals surface area contributed by atoms with Crippen molar-refractivity contribution in [2.24, 2.45) is 11.8 Å². The van der Waals surface area contributed by atoms with Crippen LogP contribution in [0, 0.1) is 11.8 Å². The molecule has 3 atom stereocenters. The average Bonchev–Trinajstić information content (AvgIpc) is 2.91. The minimum atomic E-state index is -3.67. The Morgan fingerprint density at radius 2 is 2.09 bits per heavy atom. The monoisotopic (exact) mass is 378 g/mol. The second-order valence-electron chi connectivity index (χ2n) is 6.26. The van der Waals surface area contributed by atoms with Crippen LogP contribution in [-0.4, -0.2) is 38.3 Å². The summed E-state index contributed by atoms with van der Waals surface area (Å²) in [7, 11) is -2.26. The second-order valence-corrected chi connectivity index (χ2v) is 10.2. The quantitative estimate of drug-likeness (QED) is 0.856. The van der Waals surface area contributed by atoms with Gasteiger partial charge in [0.05, 0.1) is 10.9 Å². The molecule has 1 fully saturated rings. The number of thiophene rings is 1. The van der Waals surface area contributed by atoms with E-state index in [1.165, 1.54) is 25.6 Å². The Labute approximate surface area is 147 Å². The molecule has 0 aliphatic heterocycles. The van der Waals surface area contributed by atoms with Crippen molar-refractivity contribution in [3.8, 4) is 0 Å². The largest absolute Gasteiger partial charge is 0.352 e. The first-order valence-electron chi connectivity index (χ1n) is 7.73. The van der Waals surface area contributed by atoms with E-state index in [1.807, 2.05) is 0 Å². The Balaban J connectivity index is 1.97. The van der Waals surface area contributed by atoms with E-state index in [0.717, 1.165) is 28.5 Å². The summed E-state index contributed by atoms with van der Waals surface area (Å²) in [6.45, 7) is 4.15. The number of nitrogens with zero attached hydrogens (tertiary/aromatic N) is 1. The van der Waals surface area contributed by atoms with Gasteiger partial charge in [0.2, 0.25) is 5.91 Å². The van der Waals surface area contributed by atoms with Gasteiger partial charge >= 0.3 is 0 Å². The maximum Gasteiger partial charge on any atom is 0.252 e. The van der Waals surface area contributed by atoms with Crippen molar-refractivity contribution < 1.29 is 13.2 Å². The van der Waals surface area contributed by atoms with E-state index in [4.69, 9.17) is 11.6 Å². The Hall–Kier alpha value is -0.630. The van der Waals surface area contributed by atoms with Crippen LogP contribution in [0.15, 0.2) is 16.3 Å². The van der Waals surface area contributed by atoms with Crippen molar-refractivity contribution in [2.45, 2.75) is 43.4 Å².